The average Bonchev–Trinajstić information content (AvgIpc) is 2.45. The van der Waals surface area contributed by atoms with E-state index < -0.39 is 7.25 Å². The molecule has 1 aliphatic heterocycles. The van der Waals surface area contributed by atoms with Crippen molar-refractivity contribution >= 4 is 7.25 Å². The van der Waals surface area contributed by atoms with Crippen molar-refractivity contribution in [3.05, 3.63) is 12.4 Å². The minimum atomic E-state index is -6.00. The van der Waals surface area contributed by atoms with Crippen LogP contribution in [0.4, 0.5) is 17.3 Å². The summed E-state index contributed by atoms with van der Waals surface area (Å²) < 4.78 is 39.0. The summed E-state index contributed by atoms with van der Waals surface area (Å²) in [4.78, 5) is 4.53. The molecule has 0 fully saturated rings. The summed E-state index contributed by atoms with van der Waals surface area (Å²) in [6.45, 7) is 4.50. The van der Waals surface area contributed by atoms with Crippen LogP contribution < -0.4 is 6.15 Å². The van der Waals surface area contributed by atoms with E-state index in [1.165, 1.54) is 19.4 Å². The summed E-state index contributed by atoms with van der Waals surface area (Å²) in [5.41, 5.74) is 0. The Bertz CT molecular complexity index is 198. The molecule has 3 N–H and O–H groups in total. The van der Waals surface area contributed by atoms with Crippen molar-refractivity contribution in [3.8, 4) is 0 Å². The van der Waals surface area contributed by atoms with Gasteiger partial charge in [0, 0.05) is 26.0 Å². The summed E-state index contributed by atoms with van der Waals surface area (Å²) in [7, 11) is -3.90. The molecule has 1 rings (SSSR count). The number of unbranched alkanes of at least 4 members (excludes halogenated alkanes) is 1. The fraction of sp³-hybridized carbons (Fsp3) is 0.750. The molecule has 98 valence electrons. The van der Waals surface area contributed by atoms with E-state index in [-0.39, 0.29) is 7.58 Å². The molecule has 3 nitrogen and oxygen atoms in total. The molecule has 0 saturated carbocycles. The first-order valence-corrected chi connectivity index (χ1v) is 4.83. The van der Waals surface area contributed by atoms with Crippen LogP contribution in [0.3, 0.4) is 0 Å². The first kappa shape index (κ1) is 17.5. The van der Waals surface area contributed by atoms with Crippen molar-refractivity contribution in [2.45, 2.75) is 19.8 Å². The summed E-state index contributed by atoms with van der Waals surface area (Å²) in [5, 5.41) is 0. The molecule has 0 aliphatic carbocycles. The van der Waals surface area contributed by atoms with Gasteiger partial charge in [-0.2, -0.15) is 0 Å². The van der Waals surface area contributed by atoms with Crippen LogP contribution in [-0.2, 0) is 0 Å². The number of hydrogen-bond acceptors (Lipinski definition) is 3. The Hall–Kier alpha value is -0.915. The predicted molar refractivity (Wildman–Crippen MR) is 59.7 cm³/mol. The first-order chi connectivity index (χ1) is 6.83. The van der Waals surface area contributed by atoms with Gasteiger partial charge >= 0.3 is 8.68 Å². The molecule has 0 spiro atoms. The monoisotopic (exact) mass is 245 g/mol. The topological polar surface area (TPSA) is 41.5 Å². The van der Waals surface area contributed by atoms with E-state index in [0.717, 1.165) is 6.67 Å². The van der Waals surface area contributed by atoms with Gasteiger partial charge in [-0.1, -0.05) is 13.3 Å². The summed E-state index contributed by atoms with van der Waals surface area (Å²) in [5.74, 6) is 0. The van der Waals surface area contributed by atoms with Crippen LogP contribution >= 0.6 is 0 Å². The molecular formula is C8H20BF4N3. The second-order valence-corrected chi connectivity index (χ2v) is 3.36. The maximum Gasteiger partial charge on any atom is 1.00 e. The number of rotatable bonds is 3. The maximum atomic E-state index is 9.75. The lowest BCUT2D eigenvalue weighted by Crippen LogP contribution is -2.23. The lowest BCUT2D eigenvalue weighted by atomic mass is 10.3. The Morgan fingerprint density at radius 3 is 2.06 bits per heavy atom. The fourth-order valence-electron chi connectivity index (χ4n) is 1.10. The van der Waals surface area contributed by atoms with Gasteiger partial charge < -0.3 is 33.2 Å². The van der Waals surface area contributed by atoms with Crippen LogP contribution in [0.5, 0.6) is 0 Å². The molecule has 1 heterocycles. The zero-order valence-electron chi connectivity index (χ0n) is 10.7. The minimum Gasteiger partial charge on any atom is -0.418 e. The summed E-state index contributed by atoms with van der Waals surface area (Å²) in [6, 6.07) is 0. The van der Waals surface area contributed by atoms with E-state index in [4.69, 9.17) is 0 Å². The van der Waals surface area contributed by atoms with Crippen molar-refractivity contribution in [3.63, 3.8) is 0 Å². The van der Waals surface area contributed by atoms with Crippen molar-refractivity contribution in [1.29, 1.82) is 0 Å². The third-order valence-electron chi connectivity index (χ3n) is 1.74. The van der Waals surface area contributed by atoms with Gasteiger partial charge in [0.25, 0.3) is 0 Å². The van der Waals surface area contributed by atoms with Crippen LogP contribution in [0.2, 0.25) is 0 Å². The zero-order valence-corrected chi connectivity index (χ0v) is 9.67. The van der Waals surface area contributed by atoms with Crippen molar-refractivity contribution < 1.29 is 18.7 Å². The Morgan fingerprint density at radius 1 is 1.25 bits per heavy atom. The van der Waals surface area contributed by atoms with Crippen molar-refractivity contribution in [2.24, 2.45) is 0 Å². The SMILES string of the molecule is CCCCN1C=CN(C)C1.F[B-](F)(F)F.N.[H+]. The van der Waals surface area contributed by atoms with Gasteiger partial charge in [0.05, 0.1) is 6.67 Å². The minimum absolute atomic E-state index is 0. The summed E-state index contributed by atoms with van der Waals surface area (Å²) >= 11 is 0. The molecule has 0 aromatic carbocycles. The molecule has 0 atom stereocenters. The van der Waals surface area contributed by atoms with Gasteiger partial charge in [0.1, 0.15) is 0 Å². The average molecular weight is 245 g/mol. The maximum absolute atomic E-state index is 9.75. The normalized spacial score (nSPS) is 14.4. The lowest BCUT2D eigenvalue weighted by molar-refractivity contribution is 0.293. The fourth-order valence-corrected chi connectivity index (χ4v) is 1.10. The molecule has 0 aromatic heterocycles. The van der Waals surface area contributed by atoms with Gasteiger partial charge in [0.15, 0.2) is 0 Å². The van der Waals surface area contributed by atoms with Crippen molar-refractivity contribution in [2.75, 3.05) is 20.3 Å². The quantitative estimate of drug-likeness (QED) is 0.613. The predicted octanol–water partition coefficient (Wildman–Crippen LogP) is 3.04. The molecule has 0 unspecified atom stereocenters. The third kappa shape index (κ3) is 13.1. The smallest absolute Gasteiger partial charge is 0.418 e. The van der Waals surface area contributed by atoms with E-state index >= 15 is 0 Å². The highest BCUT2D eigenvalue weighted by Crippen LogP contribution is 2.06. The zero-order chi connectivity index (χ0) is 11.9. The van der Waals surface area contributed by atoms with Gasteiger partial charge in [-0.25, -0.2) is 0 Å². The molecule has 0 amide bonds. The molecule has 16 heavy (non-hydrogen) atoms. The highest BCUT2D eigenvalue weighted by atomic mass is 19.5. The Morgan fingerprint density at radius 2 is 1.75 bits per heavy atom. The third-order valence-corrected chi connectivity index (χ3v) is 1.74. The lowest BCUT2D eigenvalue weighted by Gasteiger charge is -2.17. The van der Waals surface area contributed by atoms with Gasteiger partial charge in [0.2, 0.25) is 0 Å². The molecule has 1 aliphatic rings. The van der Waals surface area contributed by atoms with Crippen LogP contribution in [0.1, 0.15) is 21.2 Å². The first-order valence-electron chi connectivity index (χ1n) is 4.83. The van der Waals surface area contributed by atoms with Gasteiger partial charge in [-0.3, -0.25) is 0 Å². The molecule has 0 aromatic rings. The van der Waals surface area contributed by atoms with E-state index in [2.05, 4.69) is 36.2 Å². The van der Waals surface area contributed by atoms with Crippen LogP contribution in [0.15, 0.2) is 12.4 Å². The van der Waals surface area contributed by atoms with Crippen LogP contribution in [0.25, 0.3) is 0 Å². The number of hydrogen-bond donors (Lipinski definition) is 1. The Kier molecular flexibility index (Phi) is 9.03. The molecule has 0 saturated heterocycles. The Balaban J connectivity index is -0.000000247. The second kappa shape index (κ2) is 8.26. The second-order valence-electron chi connectivity index (χ2n) is 3.36. The summed E-state index contributed by atoms with van der Waals surface area (Å²) in [6.07, 6.45) is 6.87. The van der Waals surface area contributed by atoms with E-state index in [9.17, 15) is 17.3 Å². The Labute approximate surface area is 95.3 Å². The van der Waals surface area contributed by atoms with E-state index in [1.807, 2.05) is 0 Å². The number of nitrogens with zero attached hydrogens (tertiary/aromatic N) is 2. The van der Waals surface area contributed by atoms with Crippen molar-refractivity contribution in [1.82, 2.24) is 16.0 Å². The molecule has 0 radical (unpaired) electrons. The van der Waals surface area contributed by atoms with Crippen LogP contribution in [-0.4, -0.2) is 37.3 Å². The van der Waals surface area contributed by atoms with Crippen LogP contribution in [0, 0.1) is 0 Å². The number of halogens is 4. The highest BCUT2D eigenvalue weighted by Gasteiger charge is 2.20. The molecule has 8 heteroatoms. The van der Waals surface area contributed by atoms with E-state index in [1.54, 1.807) is 0 Å². The largest absolute Gasteiger partial charge is 1.00 e. The highest BCUT2D eigenvalue weighted by molar-refractivity contribution is 6.50. The van der Waals surface area contributed by atoms with E-state index in [0.29, 0.717) is 0 Å². The standard InChI is InChI=1S/C8H16N2.BF4.H3N/c1-3-4-5-10-7-6-9(2)8-10;2-1(3,4)5;/h6-7H,3-5,8H2,1-2H3;;1H3/q;-1;/p+1. The van der Waals surface area contributed by atoms with Gasteiger partial charge in [-0.05, 0) is 6.42 Å². The van der Waals surface area contributed by atoms with Gasteiger partial charge in [-0.15, -0.1) is 0 Å². The molecular weight excluding hydrogens is 225 g/mol. The molecule has 0 bridgehead atoms.